The number of piperidine rings is 1. The fraction of sp³-hybridized carbons (Fsp3) is 0.379. The molecule has 0 atom stereocenters. The third kappa shape index (κ3) is 4.76. The van der Waals surface area contributed by atoms with Crippen molar-refractivity contribution in [2.45, 2.75) is 51.5 Å². The van der Waals surface area contributed by atoms with Crippen molar-refractivity contribution in [3.05, 3.63) is 82.8 Å². The second kappa shape index (κ2) is 10.1. The van der Waals surface area contributed by atoms with Gasteiger partial charge in [-0.05, 0) is 80.8 Å². The number of aromatic nitrogens is 1. The third-order valence-electron chi connectivity index (χ3n) is 7.39. The Bertz CT molecular complexity index is 1210. The van der Waals surface area contributed by atoms with E-state index in [1.165, 1.54) is 30.9 Å². The Kier molecular flexibility index (Phi) is 6.73. The second-order valence-electron chi connectivity index (χ2n) is 9.68. The van der Waals surface area contributed by atoms with Crippen molar-refractivity contribution in [1.29, 1.82) is 0 Å². The van der Waals surface area contributed by atoms with E-state index in [1.807, 2.05) is 0 Å². The van der Waals surface area contributed by atoms with E-state index in [4.69, 9.17) is 5.73 Å². The van der Waals surface area contributed by atoms with Crippen molar-refractivity contribution in [3.63, 3.8) is 0 Å². The third-order valence-corrected chi connectivity index (χ3v) is 7.39. The number of hydrogen-bond donors (Lipinski definition) is 1. The Morgan fingerprint density at radius 2 is 1.85 bits per heavy atom. The van der Waals surface area contributed by atoms with E-state index in [-0.39, 0.29) is 16.9 Å². The zero-order chi connectivity index (χ0) is 23.5. The molecule has 0 bridgehead atoms. The molecule has 0 radical (unpaired) electrons. The van der Waals surface area contributed by atoms with Gasteiger partial charge in [0.2, 0.25) is 0 Å². The lowest BCUT2D eigenvalue weighted by atomic mass is 9.86. The molecular weight excluding hydrogens is 425 g/mol. The van der Waals surface area contributed by atoms with Gasteiger partial charge in [-0.3, -0.25) is 14.7 Å². The van der Waals surface area contributed by atoms with E-state index in [2.05, 4.69) is 46.3 Å². The number of halogens is 1. The Morgan fingerprint density at radius 1 is 1.06 bits per heavy atom. The number of ketones is 1. The minimum absolute atomic E-state index is 0.0781. The molecule has 2 heterocycles. The first kappa shape index (κ1) is 22.7. The monoisotopic (exact) mass is 457 g/mol. The molecule has 4 nitrogen and oxygen atoms in total. The molecule has 1 fully saturated rings. The number of fused-ring (bicyclic) bond motifs is 2. The molecule has 2 N–H and O–H groups in total. The fourth-order valence-corrected chi connectivity index (χ4v) is 5.47. The molecule has 1 aromatic heterocycles. The summed E-state index contributed by atoms with van der Waals surface area (Å²) in [4.78, 5) is 20.3. The molecular formula is C29H32FN3O. The highest BCUT2D eigenvalue weighted by atomic mass is 19.1. The van der Waals surface area contributed by atoms with Crippen LogP contribution in [0.2, 0.25) is 0 Å². The quantitative estimate of drug-likeness (QED) is 0.359. The number of benzene rings is 2. The molecule has 5 rings (SSSR count). The van der Waals surface area contributed by atoms with Gasteiger partial charge in [-0.25, -0.2) is 4.39 Å². The summed E-state index contributed by atoms with van der Waals surface area (Å²) >= 11 is 0. The van der Waals surface area contributed by atoms with Crippen molar-refractivity contribution in [3.8, 4) is 0 Å². The lowest BCUT2D eigenvalue weighted by Gasteiger charge is -2.32. The number of hydrogen-bond acceptors (Lipinski definition) is 4. The van der Waals surface area contributed by atoms with Crippen LogP contribution in [0.5, 0.6) is 0 Å². The minimum atomic E-state index is -0.427. The van der Waals surface area contributed by atoms with Gasteiger partial charge in [-0.2, -0.15) is 0 Å². The van der Waals surface area contributed by atoms with Gasteiger partial charge in [0.15, 0.2) is 5.78 Å². The molecule has 0 amide bonds. The summed E-state index contributed by atoms with van der Waals surface area (Å²) in [7, 11) is 0. The van der Waals surface area contributed by atoms with Gasteiger partial charge >= 0.3 is 0 Å². The number of pyridine rings is 1. The largest absolute Gasteiger partial charge is 0.397 e. The number of carbonyl (C=O) groups excluding carboxylic acids is 1. The number of Topliss-reactive ketones (excluding diaryl/α,β-unsaturated/α-hetero) is 1. The maximum Gasteiger partial charge on any atom is 0.192 e. The van der Waals surface area contributed by atoms with Crippen molar-refractivity contribution in [1.82, 2.24) is 9.88 Å². The maximum atomic E-state index is 14.4. The summed E-state index contributed by atoms with van der Waals surface area (Å²) in [6.07, 6.45) is 9.12. The molecule has 2 aliphatic rings. The summed E-state index contributed by atoms with van der Waals surface area (Å²) in [6, 6.07) is 15.4. The van der Waals surface area contributed by atoms with E-state index >= 15 is 0 Å². The number of nitrogens with two attached hydrogens (primary N) is 1. The van der Waals surface area contributed by atoms with Crippen LogP contribution in [0.4, 0.5) is 10.1 Å². The Labute approximate surface area is 200 Å². The molecule has 3 aromatic rings. The Hall–Kier alpha value is -3.05. The van der Waals surface area contributed by atoms with Crippen molar-refractivity contribution >= 4 is 22.4 Å². The normalized spacial score (nSPS) is 18.5. The first-order valence-corrected chi connectivity index (χ1v) is 12.5. The molecule has 1 aliphatic carbocycles. The number of anilines is 1. The number of aryl methyl sites for hydroxylation is 1. The lowest BCUT2D eigenvalue weighted by Crippen LogP contribution is -2.33. The van der Waals surface area contributed by atoms with Crippen LogP contribution in [0.3, 0.4) is 0 Å². The molecule has 34 heavy (non-hydrogen) atoms. The average molecular weight is 458 g/mol. The highest BCUT2D eigenvalue weighted by molar-refractivity contribution is 6.17. The van der Waals surface area contributed by atoms with Gasteiger partial charge in [0.25, 0.3) is 0 Å². The number of nitrogen functional groups attached to an aromatic ring is 1. The summed E-state index contributed by atoms with van der Waals surface area (Å²) in [6.45, 7) is 3.36. The predicted octanol–water partition coefficient (Wildman–Crippen LogP) is 6.09. The summed E-state index contributed by atoms with van der Waals surface area (Å²) in [5.74, 6) is 0.261. The molecule has 176 valence electrons. The van der Waals surface area contributed by atoms with E-state index in [9.17, 15) is 9.18 Å². The number of allylic oxidation sites excluding steroid dienone is 2. The first-order valence-electron chi connectivity index (χ1n) is 12.5. The van der Waals surface area contributed by atoms with Crippen molar-refractivity contribution in [2.24, 2.45) is 5.92 Å². The zero-order valence-electron chi connectivity index (χ0n) is 19.6. The summed E-state index contributed by atoms with van der Waals surface area (Å²) in [5.41, 5.74) is 10.3. The predicted molar refractivity (Wildman–Crippen MR) is 135 cm³/mol. The summed E-state index contributed by atoms with van der Waals surface area (Å²) in [5, 5.41) is 0.259. The van der Waals surface area contributed by atoms with Crippen LogP contribution >= 0.6 is 0 Å². The number of nitrogens with zero attached hydrogens (tertiary/aromatic N) is 2. The lowest BCUT2D eigenvalue weighted by molar-refractivity contribution is 0.102. The van der Waals surface area contributed by atoms with Crippen LogP contribution < -0.4 is 5.73 Å². The topological polar surface area (TPSA) is 59.2 Å². The van der Waals surface area contributed by atoms with Gasteiger partial charge in [0.1, 0.15) is 5.82 Å². The second-order valence-corrected chi connectivity index (χ2v) is 9.68. The standard InChI is InChI=1S/C29H32FN3O/c30-23-11-6-12-24-26(23)28(31)27-25(32-24)14-13-22(29(27)34)10-5-4-7-20-15-17-33(18-16-20)19-21-8-2-1-3-9-21/h1-3,6,8-12,20H,4-5,7,13-19H2,(H2,31,32). The number of carbonyl (C=O) groups is 1. The van der Waals surface area contributed by atoms with E-state index in [0.717, 1.165) is 44.0 Å². The van der Waals surface area contributed by atoms with E-state index in [1.54, 1.807) is 12.1 Å². The average Bonchev–Trinajstić information content (AvgIpc) is 2.84. The summed E-state index contributed by atoms with van der Waals surface area (Å²) < 4.78 is 14.4. The first-order chi connectivity index (χ1) is 16.6. The SMILES string of the molecule is Nc1c2c(nc3cccc(F)c13)CCC(=CCCCC1CCN(Cc3ccccc3)CC1)C2=O. The number of unbranched alkanes of at least 4 members (excludes halogenated alkanes) is 1. The van der Waals surface area contributed by atoms with Crippen molar-refractivity contribution < 1.29 is 9.18 Å². The van der Waals surface area contributed by atoms with Crippen LogP contribution in [-0.2, 0) is 13.0 Å². The fourth-order valence-electron chi connectivity index (χ4n) is 5.47. The highest BCUT2D eigenvalue weighted by Gasteiger charge is 2.27. The Morgan fingerprint density at radius 3 is 2.65 bits per heavy atom. The molecule has 0 unspecified atom stereocenters. The molecule has 1 saturated heterocycles. The van der Waals surface area contributed by atoms with E-state index < -0.39 is 5.82 Å². The molecule has 0 saturated carbocycles. The van der Waals surface area contributed by atoms with Gasteiger partial charge in [0.05, 0.1) is 27.8 Å². The smallest absolute Gasteiger partial charge is 0.192 e. The van der Waals surface area contributed by atoms with Gasteiger partial charge in [-0.1, -0.05) is 48.9 Å². The molecule has 1 aliphatic heterocycles. The highest BCUT2D eigenvalue weighted by Crippen LogP contribution is 2.34. The van der Waals surface area contributed by atoms with Gasteiger partial charge in [0, 0.05) is 6.54 Å². The zero-order valence-corrected chi connectivity index (χ0v) is 19.6. The minimum Gasteiger partial charge on any atom is -0.397 e. The Balaban J connectivity index is 1.15. The molecule has 2 aromatic carbocycles. The van der Waals surface area contributed by atoms with Gasteiger partial charge < -0.3 is 5.73 Å². The van der Waals surface area contributed by atoms with Crippen LogP contribution in [0.15, 0.2) is 60.2 Å². The number of rotatable bonds is 6. The van der Waals surface area contributed by atoms with Crippen LogP contribution in [0, 0.1) is 11.7 Å². The molecule has 5 heteroatoms. The number of likely N-dealkylation sites (tertiary alicyclic amines) is 1. The van der Waals surface area contributed by atoms with Gasteiger partial charge in [-0.15, -0.1) is 0 Å². The van der Waals surface area contributed by atoms with Crippen molar-refractivity contribution in [2.75, 3.05) is 18.8 Å². The van der Waals surface area contributed by atoms with Crippen LogP contribution in [-0.4, -0.2) is 28.8 Å². The van der Waals surface area contributed by atoms with Crippen LogP contribution in [0.25, 0.3) is 10.9 Å². The van der Waals surface area contributed by atoms with E-state index in [0.29, 0.717) is 29.6 Å². The van der Waals surface area contributed by atoms with Crippen LogP contribution in [0.1, 0.15) is 60.1 Å². The maximum absolute atomic E-state index is 14.4. The molecule has 0 spiro atoms.